The first kappa shape index (κ1) is 11.1. The molecule has 0 saturated heterocycles. The number of carbonyl (C=O) groups is 1. The zero-order chi connectivity index (χ0) is 12.3. The Labute approximate surface area is 99.5 Å². The van der Waals surface area contributed by atoms with Gasteiger partial charge in [-0.2, -0.15) is 0 Å². The third kappa shape index (κ3) is 2.60. The smallest absolute Gasteiger partial charge is 0.256 e. The van der Waals surface area contributed by atoms with Crippen LogP contribution in [0.4, 0.5) is 11.4 Å². The van der Waals surface area contributed by atoms with E-state index in [1.807, 2.05) is 13.0 Å². The van der Waals surface area contributed by atoms with E-state index >= 15 is 0 Å². The molecule has 4 heteroatoms. The molecule has 2 rings (SSSR count). The summed E-state index contributed by atoms with van der Waals surface area (Å²) < 4.78 is 0. The van der Waals surface area contributed by atoms with Crippen molar-refractivity contribution in [3.8, 4) is 0 Å². The second kappa shape index (κ2) is 4.65. The molecule has 0 atom stereocenters. The van der Waals surface area contributed by atoms with Crippen molar-refractivity contribution in [2.75, 3.05) is 11.1 Å². The summed E-state index contributed by atoms with van der Waals surface area (Å²) in [4.78, 5) is 15.9. The molecule has 17 heavy (non-hydrogen) atoms. The quantitative estimate of drug-likeness (QED) is 0.773. The van der Waals surface area contributed by atoms with Crippen LogP contribution in [0.2, 0.25) is 0 Å². The fourth-order valence-electron chi connectivity index (χ4n) is 1.52. The molecule has 0 radical (unpaired) electrons. The van der Waals surface area contributed by atoms with Crippen molar-refractivity contribution >= 4 is 17.3 Å². The Morgan fingerprint density at radius 2 is 1.94 bits per heavy atom. The summed E-state index contributed by atoms with van der Waals surface area (Å²) in [5, 5.41) is 2.79. The van der Waals surface area contributed by atoms with Crippen molar-refractivity contribution in [1.29, 1.82) is 0 Å². The molecule has 0 aliphatic heterocycles. The molecule has 1 amide bonds. The zero-order valence-electron chi connectivity index (χ0n) is 9.47. The van der Waals surface area contributed by atoms with E-state index in [1.54, 1.807) is 36.7 Å². The molecular weight excluding hydrogens is 214 g/mol. The van der Waals surface area contributed by atoms with Crippen molar-refractivity contribution in [3.05, 3.63) is 53.9 Å². The van der Waals surface area contributed by atoms with Crippen LogP contribution in [0.1, 0.15) is 15.9 Å². The lowest BCUT2D eigenvalue weighted by Gasteiger charge is -2.08. The fraction of sp³-hybridized carbons (Fsp3) is 0.0769. The van der Waals surface area contributed by atoms with Crippen molar-refractivity contribution in [2.24, 2.45) is 0 Å². The van der Waals surface area contributed by atoms with E-state index in [1.165, 1.54) is 0 Å². The Morgan fingerprint density at radius 3 is 2.65 bits per heavy atom. The number of hydrogen-bond acceptors (Lipinski definition) is 3. The Morgan fingerprint density at radius 1 is 1.24 bits per heavy atom. The molecule has 0 spiro atoms. The van der Waals surface area contributed by atoms with Gasteiger partial charge in [-0.25, -0.2) is 0 Å². The van der Waals surface area contributed by atoms with Crippen LogP contribution in [0.5, 0.6) is 0 Å². The average Bonchev–Trinajstić information content (AvgIpc) is 2.33. The van der Waals surface area contributed by atoms with Crippen LogP contribution < -0.4 is 11.1 Å². The minimum Gasteiger partial charge on any atom is -0.399 e. The zero-order valence-corrected chi connectivity index (χ0v) is 9.47. The van der Waals surface area contributed by atoms with E-state index in [4.69, 9.17) is 5.73 Å². The third-order valence-electron chi connectivity index (χ3n) is 2.44. The van der Waals surface area contributed by atoms with E-state index < -0.39 is 0 Å². The number of nitrogens with one attached hydrogen (secondary N) is 1. The summed E-state index contributed by atoms with van der Waals surface area (Å²) in [6, 6.07) is 8.75. The maximum Gasteiger partial charge on any atom is 0.256 e. The second-order valence-electron chi connectivity index (χ2n) is 3.76. The van der Waals surface area contributed by atoms with E-state index in [-0.39, 0.29) is 5.91 Å². The largest absolute Gasteiger partial charge is 0.399 e. The number of carbonyl (C=O) groups excluding carboxylic acids is 1. The van der Waals surface area contributed by atoms with Gasteiger partial charge < -0.3 is 11.1 Å². The molecule has 0 aliphatic carbocycles. The summed E-state index contributed by atoms with van der Waals surface area (Å²) in [7, 11) is 0. The molecule has 0 fully saturated rings. The molecule has 0 saturated carbocycles. The molecule has 2 aromatic rings. The summed E-state index contributed by atoms with van der Waals surface area (Å²) in [5.74, 6) is -0.166. The second-order valence-corrected chi connectivity index (χ2v) is 3.76. The number of aryl methyl sites for hydroxylation is 1. The summed E-state index contributed by atoms with van der Waals surface area (Å²) in [5.41, 5.74) is 8.44. The molecule has 1 aromatic carbocycles. The molecule has 3 N–H and O–H groups in total. The Bertz CT molecular complexity index is 538. The topological polar surface area (TPSA) is 68.0 Å². The van der Waals surface area contributed by atoms with Gasteiger partial charge in [0.1, 0.15) is 0 Å². The van der Waals surface area contributed by atoms with Crippen LogP contribution in [0.15, 0.2) is 42.7 Å². The normalized spacial score (nSPS) is 9.94. The highest BCUT2D eigenvalue weighted by Gasteiger charge is 2.09. The number of amides is 1. The number of anilines is 2. The molecule has 86 valence electrons. The van der Waals surface area contributed by atoms with Gasteiger partial charge in [0, 0.05) is 29.3 Å². The molecule has 0 unspecified atom stereocenters. The van der Waals surface area contributed by atoms with Crippen molar-refractivity contribution in [2.45, 2.75) is 6.92 Å². The number of hydrogen-bond donors (Lipinski definition) is 2. The van der Waals surface area contributed by atoms with Crippen LogP contribution in [0, 0.1) is 6.92 Å². The number of aromatic nitrogens is 1. The molecule has 0 aliphatic rings. The number of nitrogen functional groups attached to an aromatic ring is 1. The van der Waals surface area contributed by atoms with Crippen molar-refractivity contribution in [1.82, 2.24) is 4.98 Å². The SMILES string of the molecule is Cc1ccc(N)cc1C(=O)Nc1ccncc1. The lowest BCUT2D eigenvalue weighted by Crippen LogP contribution is -2.13. The molecule has 1 heterocycles. The highest BCUT2D eigenvalue weighted by Crippen LogP contribution is 2.14. The minimum atomic E-state index is -0.166. The highest BCUT2D eigenvalue weighted by atomic mass is 16.1. The van der Waals surface area contributed by atoms with Crippen LogP contribution in [-0.4, -0.2) is 10.9 Å². The van der Waals surface area contributed by atoms with Crippen LogP contribution >= 0.6 is 0 Å². The molecule has 0 bridgehead atoms. The fourth-order valence-corrected chi connectivity index (χ4v) is 1.52. The van der Waals surface area contributed by atoms with Crippen LogP contribution in [0.3, 0.4) is 0 Å². The van der Waals surface area contributed by atoms with Gasteiger partial charge in [-0.15, -0.1) is 0 Å². The lowest BCUT2D eigenvalue weighted by molar-refractivity contribution is 0.102. The van der Waals surface area contributed by atoms with Gasteiger partial charge in [-0.3, -0.25) is 9.78 Å². The number of nitrogens with two attached hydrogens (primary N) is 1. The Kier molecular flexibility index (Phi) is 3.05. The number of nitrogens with zero attached hydrogens (tertiary/aromatic N) is 1. The van der Waals surface area contributed by atoms with Crippen LogP contribution in [0.25, 0.3) is 0 Å². The Balaban J connectivity index is 2.23. The Hall–Kier alpha value is -2.36. The van der Waals surface area contributed by atoms with Gasteiger partial charge in [0.2, 0.25) is 0 Å². The maximum absolute atomic E-state index is 12.0. The molecule has 1 aromatic heterocycles. The predicted octanol–water partition coefficient (Wildman–Crippen LogP) is 2.22. The number of benzene rings is 1. The van der Waals surface area contributed by atoms with E-state index in [0.29, 0.717) is 16.9 Å². The van der Waals surface area contributed by atoms with E-state index in [9.17, 15) is 4.79 Å². The lowest BCUT2D eigenvalue weighted by atomic mass is 10.1. The van der Waals surface area contributed by atoms with Gasteiger partial charge in [-0.05, 0) is 36.8 Å². The van der Waals surface area contributed by atoms with Crippen molar-refractivity contribution in [3.63, 3.8) is 0 Å². The van der Waals surface area contributed by atoms with Crippen molar-refractivity contribution < 1.29 is 4.79 Å². The highest BCUT2D eigenvalue weighted by molar-refractivity contribution is 6.05. The minimum absolute atomic E-state index is 0.166. The summed E-state index contributed by atoms with van der Waals surface area (Å²) >= 11 is 0. The predicted molar refractivity (Wildman–Crippen MR) is 67.8 cm³/mol. The van der Waals surface area contributed by atoms with E-state index in [0.717, 1.165) is 5.56 Å². The number of rotatable bonds is 2. The maximum atomic E-state index is 12.0. The third-order valence-corrected chi connectivity index (χ3v) is 2.44. The first-order valence-electron chi connectivity index (χ1n) is 5.24. The van der Waals surface area contributed by atoms with Gasteiger partial charge in [0.25, 0.3) is 5.91 Å². The van der Waals surface area contributed by atoms with Gasteiger partial charge >= 0.3 is 0 Å². The monoisotopic (exact) mass is 227 g/mol. The molecule has 4 nitrogen and oxygen atoms in total. The van der Waals surface area contributed by atoms with Gasteiger partial charge in [-0.1, -0.05) is 6.07 Å². The average molecular weight is 227 g/mol. The summed E-state index contributed by atoms with van der Waals surface area (Å²) in [6.45, 7) is 1.88. The summed E-state index contributed by atoms with van der Waals surface area (Å²) in [6.07, 6.45) is 3.25. The molecular formula is C13H13N3O. The number of pyridine rings is 1. The first-order valence-corrected chi connectivity index (χ1v) is 5.24. The van der Waals surface area contributed by atoms with Gasteiger partial charge in [0.05, 0.1) is 0 Å². The first-order chi connectivity index (χ1) is 8.16. The van der Waals surface area contributed by atoms with Crippen LogP contribution in [-0.2, 0) is 0 Å². The van der Waals surface area contributed by atoms with E-state index in [2.05, 4.69) is 10.3 Å². The standard InChI is InChI=1S/C13H13N3O/c1-9-2-3-10(14)8-12(9)13(17)16-11-4-6-15-7-5-11/h2-8H,14H2,1H3,(H,15,16,17). The van der Waals surface area contributed by atoms with Gasteiger partial charge in [0.15, 0.2) is 0 Å².